The van der Waals surface area contributed by atoms with Crippen LogP contribution in [-0.2, 0) is 17.9 Å². The van der Waals surface area contributed by atoms with Gasteiger partial charge in [-0.25, -0.2) is 4.98 Å². The van der Waals surface area contributed by atoms with E-state index in [1.165, 1.54) is 10.9 Å². The quantitative estimate of drug-likeness (QED) is 0.503. The van der Waals surface area contributed by atoms with Crippen LogP contribution in [0.2, 0.25) is 0 Å². The van der Waals surface area contributed by atoms with E-state index >= 15 is 0 Å². The molecule has 0 saturated carbocycles. The summed E-state index contributed by atoms with van der Waals surface area (Å²) in [5, 5.41) is 7.63. The van der Waals surface area contributed by atoms with Crippen molar-refractivity contribution >= 4 is 22.5 Å². The fourth-order valence-electron chi connectivity index (χ4n) is 3.60. The van der Waals surface area contributed by atoms with Gasteiger partial charge in [-0.1, -0.05) is 24.3 Å². The molecule has 2 aromatic heterocycles. The third kappa shape index (κ3) is 4.18. The highest BCUT2D eigenvalue weighted by molar-refractivity contribution is 5.90. The van der Waals surface area contributed by atoms with Crippen molar-refractivity contribution in [2.45, 2.75) is 25.6 Å². The highest BCUT2D eigenvalue weighted by atomic mass is 16.6. The van der Waals surface area contributed by atoms with E-state index in [1.54, 1.807) is 35.3 Å². The molecule has 1 aliphatic heterocycles. The van der Waals surface area contributed by atoms with Crippen molar-refractivity contribution < 1.29 is 14.3 Å². The van der Waals surface area contributed by atoms with Crippen LogP contribution in [-0.4, -0.2) is 37.9 Å². The molecule has 1 N–H and O–H groups in total. The van der Waals surface area contributed by atoms with E-state index in [2.05, 4.69) is 15.4 Å². The molecule has 0 bridgehead atoms. The second kappa shape index (κ2) is 8.54. The average molecular weight is 431 g/mol. The van der Waals surface area contributed by atoms with Crippen LogP contribution in [0.4, 0.5) is 5.69 Å². The van der Waals surface area contributed by atoms with Crippen LogP contribution in [0.5, 0.6) is 11.5 Å². The minimum absolute atomic E-state index is 0.140. The summed E-state index contributed by atoms with van der Waals surface area (Å²) in [6, 6.07) is 14.7. The Morgan fingerprint density at radius 3 is 2.84 bits per heavy atom. The number of rotatable bonds is 6. The number of carbonyl (C=O) groups is 1. The molecule has 0 aliphatic carbocycles. The Kier molecular flexibility index (Phi) is 5.29. The predicted molar refractivity (Wildman–Crippen MR) is 118 cm³/mol. The third-order valence-electron chi connectivity index (χ3n) is 5.19. The molecule has 32 heavy (non-hydrogen) atoms. The Morgan fingerprint density at radius 2 is 1.94 bits per heavy atom. The number of amides is 1. The Labute approximate surface area is 183 Å². The number of benzene rings is 2. The molecule has 2 aromatic carbocycles. The molecule has 0 spiro atoms. The summed E-state index contributed by atoms with van der Waals surface area (Å²) < 4.78 is 14.8. The van der Waals surface area contributed by atoms with Crippen molar-refractivity contribution in [3.8, 4) is 11.5 Å². The SMILES string of the molecule is O=C(CCn1cnc2ccccc2c1=O)Nc1cnn(C[C@H]2COc3ccccc3O2)c1. The van der Waals surface area contributed by atoms with E-state index in [0.29, 0.717) is 35.5 Å². The largest absolute Gasteiger partial charge is 0.486 e. The summed E-state index contributed by atoms with van der Waals surface area (Å²) in [5.41, 5.74) is 1.06. The zero-order valence-corrected chi connectivity index (χ0v) is 17.2. The lowest BCUT2D eigenvalue weighted by molar-refractivity contribution is -0.116. The number of aryl methyl sites for hydroxylation is 1. The van der Waals surface area contributed by atoms with Gasteiger partial charge in [0.2, 0.25) is 5.91 Å². The van der Waals surface area contributed by atoms with E-state index in [-0.39, 0.29) is 30.5 Å². The van der Waals surface area contributed by atoms with E-state index in [4.69, 9.17) is 9.47 Å². The lowest BCUT2D eigenvalue weighted by Gasteiger charge is -2.26. The zero-order chi connectivity index (χ0) is 21.9. The van der Waals surface area contributed by atoms with E-state index in [9.17, 15) is 9.59 Å². The summed E-state index contributed by atoms with van der Waals surface area (Å²) >= 11 is 0. The number of carbonyl (C=O) groups excluding carboxylic acids is 1. The van der Waals surface area contributed by atoms with Crippen molar-refractivity contribution in [2.24, 2.45) is 0 Å². The van der Waals surface area contributed by atoms with Crippen molar-refractivity contribution in [1.82, 2.24) is 19.3 Å². The second-order valence-corrected chi connectivity index (χ2v) is 7.51. The summed E-state index contributed by atoms with van der Waals surface area (Å²) in [5.74, 6) is 1.23. The molecule has 9 nitrogen and oxygen atoms in total. The fourth-order valence-corrected chi connectivity index (χ4v) is 3.60. The second-order valence-electron chi connectivity index (χ2n) is 7.51. The Bertz CT molecular complexity index is 1330. The monoisotopic (exact) mass is 431 g/mol. The first-order valence-electron chi connectivity index (χ1n) is 10.3. The molecule has 9 heteroatoms. The number of ether oxygens (including phenoxy) is 2. The van der Waals surface area contributed by atoms with Crippen molar-refractivity contribution in [1.29, 1.82) is 0 Å². The van der Waals surface area contributed by atoms with Gasteiger partial charge in [-0.15, -0.1) is 0 Å². The Hall–Kier alpha value is -4.14. The van der Waals surface area contributed by atoms with Gasteiger partial charge < -0.3 is 14.8 Å². The van der Waals surface area contributed by atoms with Crippen LogP contribution in [0.3, 0.4) is 0 Å². The molecule has 0 saturated heterocycles. The van der Waals surface area contributed by atoms with Gasteiger partial charge in [0.1, 0.15) is 6.61 Å². The summed E-state index contributed by atoms with van der Waals surface area (Å²) in [7, 11) is 0. The van der Waals surface area contributed by atoms with Gasteiger partial charge in [0, 0.05) is 19.2 Å². The van der Waals surface area contributed by atoms with Crippen LogP contribution >= 0.6 is 0 Å². The number of aromatic nitrogens is 4. The molecule has 5 rings (SSSR count). The number of anilines is 1. The maximum absolute atomic E-state index is 12.5. The van der Waals surface area contributed by atoms with Gasteiger partial charge >= 0.3 is 0 Å². The van der Waals surface area contributed by atoms with Crippen LogP contribution < -0.4 is 20.3 Å². The van der Waals surface area contributed by atoms with Gasteiger partial charge in [0.25, 0.3) is 5.56 Å². The summed E-state index contributed by atoms with van der Waals surface area (Å²) in [6.45, 7) is 1.15. The summed E-state index contributed by atoms with van der Waals surface area (Å²) in [4.78, 5) is 29.2. The Balaban J connectivity index is 1.16. The van der Waals surface area contributed by atoms with E-state index in [1.807, 2.05) is 30.3 Å². The minimum atomic E-state index is -0.212. The number of hydrogen-bond acceptors (Lipinski definition) is 6. The maximum atomic E-state index is 12.5. The predicted octanol–water partition coefficient (Wildman–Crippen LogP) is 2.46. The van der Waals surface area contributed by atoms with Crippen molar-refractivity contribution in [3.05, 3.63) is 77.6 Å². The van der Waals surface area contributed by atoms with Gasteiger partial charge in [-0.2, -0.15) is 5.10 Å². The number of nitrogens with one attached hydrogen (secondary N) is 1. The molecule has 3 heterocycles. The number of nitrogens with zero attached hydrogens (tertiary/aromatic N) is 4. The number of hydrogen-bond donors (Lipinski definition) is 1. The smallest absolute Gasteiger partial charge is 0.261 e. The molecule has 4 aromatic rings. The average Bonchev–Trinajstić information content (AvgIpc) is 3.25. The van der Waals surface area contributed by atoms with Gasteiger partial charge in [0.05, 0.1) is 35.7 Å². The minimum Gasteiger partial charge on any atom is -0.486 e. The van der Waals surface area contributed by atoms with Crippen LogP contribution in [0.1, 0.15) is 6.42 Å². The number of fused-ring (bicyclic) bond motifs is 2. The lowest BCUT2D eigenvalue weighted by Crippen LogP contribution is -2.33. The standard InChI is InChI=1S/C23H21N5O4/c29-22(9-10-27-15-24-19-6-2-1-5-18(19)23(27)30)26-16-11-25-28(12-16)13-17-14-31-20-7-3-4-8-21(20)32-17/h1-8,11-12,15,17H,9-10,13-14H2,(H,26,29)/t17-/m0/s1. The molecule has 0 radical (unpaired) electrons. The highest BCUT2D eigenvalue weighted by Crippen LogP contribution is 2.31. The number of para-hydroxylation sites is 3. The lowest BCUT2D eigenvalue weighted by atomic mass is 10.2. The van der Waals surface area contributed by atoms with Crippen molar-refractivity contribution in [2.75, 3.05) is 11.9 Å². The third-order valence-corrected chi connectivity index (χ3v) is 5.19. The molecule has 0 fully saturated rings. The zero-order valence-electron chi connectivity index (χ0n) is 17.2. The topological polar surface area (TPSA) is 100 Å². The fraction of sp³-hybridized carbons (Fsp3) is 0.217. The normalized spacial score (nSPS) is 14.9. The molecule has 1 atom stereocenters. The molecule has 162 valence electrons. The van der Waals surface area contributed by atoms with Gasteiger partial charge in [0.15, 0.2) is 17.6 Å². The van der Waals surface area contributed by atoms with Crippen molar-refractivity contribution in [3.63, 3.8) is 0 Å². The first-order valence-corrected chi connectivity index (χ1v) is 10.3. The van der Waals surface area contributed by atoms with E-state index in [0.717, 1.165) is 5.75 Å². The first-order chi connectivity index (χ1) is 15.7. The molecular formula is C23H21N5O4. The van der Waals surface area contributed by atoms with Crippen LogP contribution in [0, 0.1) is 0 Å². The maximum Gasteiger partial charge on any atom is 0.261 e. The van der Waals surface area contributed by atoms with Crippen LogP contribution in [0.25, 0.3) is 10.9 Å². The summed E-state index contributed by atoms with van der Waals surface area (Å²) in [6.07, 6.45) is 4.76. The molecule has 1 aliphatic rings. The van der Waals surface area contributed by atoms with Gasteiger partial charge in [-0.3, -0.25) is 18.8 Å². The van der Waals surface area contributed by atoms with E-state index < -0.39 is 0 Å². The Morgan fingerprint density at radius 1 is 1.12 bits per heavy atom. The van der Waals surface area contributed by atoms with Gasteiger partial charge in [-0.05, 0) is 24.3 Å². The molecule has 0 unspecified atom stereocenters. The first kappa shape index (κ1) is 19.8. The van der Waals surface area contributed by atoms with Crippen LogP contribution in [0.15, 0.2) is 72.0 Å². The molecule has 1 amide bonds. The highest BCUT2D eigenvalue weighted by Gasteiger charge is 2.21. The molecular weight excluding hydrogens is 410 g/mol.